The molecule has 0 aliphatic heterocycles. The lowest BCUT2D eigenvalue weighted by molar-refractivity contribution is 0.252. The molecule has 2 aromatic rings. The number of anilines is 2. The lowest BCUT2D eigenvalue weighted by atomic mass is 10.3. The molecule has 5 heteroatoms. The summed E-state index contributed by atoms with van der Waals surface area (Å²) < 4.78 is 0. The Morgan fingerprint density at radius 3 is 2.63 bits per heavy atom. The van der Waals surface area contributed by atoms with Gasteiger partial charge in [0.15, 0.2) is 0 Å². The van der Waals surface area contributed by atoms with Crippen LogP contribution in [0.4, 0.5) is 16.2 Å². The van der Waals surface area contributed by atoms with Crippen LogP contribution in [-0.2, 0) is 6.42 Å². The lowest BCUT2D eigenvalue weighted by Crippen LogP contribution is -2.30. The molecule has 0 atom stereocenters. The Labute approximate surface area is 111 Å². The van der Waals surface area contributed by atoms with Crippen molar-refractivity contribution in [3.63, 3.8) is 0 Å². The largest absolute Gasteiger partial charge is 0.399 e. The molecule has 19 heavy (non-hydrogen) atoms. The highest BCUT2D eigenvalue weighted by atomic mass is 16.2. The lowest BCUT2D eigenvalue weighted by Gasteiger charge is -2.07. The fraction of sp³-hybridized carbons (Fsp3) is 0.143. The van der Waals surface area contributed by atoms with Crippen LogP contribution in [0.3, 0.4) is 0 Å². The van der Waals surface area contributed by atoms with Gasteiger partial charge in [-0.1, -0.05) is 6.07 Å². The van der Waals surface area contributed by atoms with E-state index < -0.39 is 0 Å². The smallest absolute Gasteiger partial charge is 0.319 e. The summed E-state index contributed by atoms with van der Waals surface area (Å²) in [6.45, 7) is 0.540. The molecule has 0 bridgehead atoms. The van der Waals surface area contributed by atoms with Crippen molar-refractivity contribution < 1.29 is 4.79 Å². The monoisotopic (exact) mass is 256 g/mol. The van der Waals surface area contributed by atoms with Crippen LogP contribution in [0.1, 0.15) is 5.69 Å². The maximum atomic E-state index is 11.6. The molecule has 0 saturated heterocycles. The second-order valence-corrected chi connectivity index (χ2v) is 4.07. The molecule has 4 N–H and O–H groups in total. The summed E-state index contributed by atoms with van der Waals surface area (Å²) in [6.07, 6.45) is 2.44. The Morgan fingerprint density at radius 2 is 1.95 bits per heavy atom. The Kier molecular flexibility index (Phi) is 4.34. The van der Waals surface area contributed by atoms with Gasteiger partial charge in [0.25, 0.3) is 0 Å². The van der Waals surface area contributed by atoms with Crippen molar-refractivity contribution in [2.75, 3.05) is 17.6 Å². The van der Waals surface area contributed by atoms with E-state index in [1.54, 1.807) is 30.5 Å². The first-order valence-electron chi connectivity index (χ1n) is 6.04. The van der Waals surface area contributed by atoms with Crippen molar-refractivity contribution in [2.45, 2.75) is 6.42 Å². The first-order valence-corrected chi connectivity index (χ1v) is 6.04. The number of aromatic nitrogens is 1. The van der Waals surface area contributed by atoms with Crippen molar-refractivity contribution in [1.29, 1.82) is 0 Å². The van der Waals surface area contributed by atoms with Crippen LogP contribution in [0.5, 0.6) is 0 Å². The average Bonchev–Trinajstić information content (AvgIpc) is 2.43. The van der Waals surface area contributed by atoms with Gasteiger partial charge in [0, 0.05) is 36.2 Å². The second-order valence-electron chi connectivity index (χ2n) is 4.07. The van der Waals surface area contributed by atoms with Crippen molar-refractivity contribution >= 4 is 17.4 Å². The Morgan fingerprint density at radius 1 is 1.16 bits per heavy atom. The van der Waals surface area contributed by atoms with Gasteiger partial charge in [0.2, 0.25) is 0 Å². The van der Waals surface area contributed by atoms with Crippen molar-refractivity contribution in [1.82, 2.24) is 10.3 Å². The molecule has 0 radical (unpaired) electrons. The van der Waals surface area contributed by atoms with Crippen molar-refractivity contribution in [2.24, 2.45) is 0 Å². The number of carbonyl (C=O) groups is 1. The first kappa shape index (κ1) is 12.9. The van der Waals surface area contributed by atoms with Crippen LogP contribution < -0.4 is 16.4 Å². The fourth-order valence-corrected chi connectivity index (χ4v) is 1.59. The maximum absolute atomic E-state index is 11.6. The first-order chi connectivity index (χ1) is 9.24. The third-order valence-corrected chi connectivity index (χ3v) is 2.56. The van der Waals surface area contributed by atoms with E-state index in [1.165, 1.54) is 0 Å². The predicted octanol–water partition coefficient (Wildman–Crippen LogP) is 2.03. The van der Waals surface area contributed by atoms with E-state index in [0.717, 1.165) is 5.69 Å². The van der Waals surface area contributed by atoms with Gasteiger partial charge in [0.05, 0.1) is 0 Å². The quantitative estimate of drug-likeness (QED) is 0.732. The summed E-state index contributed by atoms with van der Waals surface area (Å²) in [5.74, 6) is 0. The molecule has 0 spiro atoms. The number of carbonyl (C=O) groups excluding carboxylic acids is 1. The summed E-state index contributed by atoms with van der Waals surface area (Å²) in [7, 11) is 0. The number of hydrogen-bond acceptors (Lipinski definition) is 3. The number of urea groups is 1. The number of pyridine rings is 1. The average molecular weight is 256 g/mol. The summed E-state index contributed by atoms with van der Waals surface area (Å²) >= 11 is 0. The summed E-state index contributed by atoms with van der Waals surface area (Å²) in [4.78, 5) is 15.8. The topological polar surface area (TPSA) is 80.0 Å². The van der Waals surface area contributed by atoms with Gasteiger partial charge < -0.3 is 16.4 Å². The zero-order valence-corrected chi connectivity index (χ0v) is 10.5. The minimum atomic E-state index is -0.235. The van der Waals surface area contributed by atoms with E-state index in [1.807, 2.05) is 18.2 Å². The minimum absolute atomic E-state index is 0.235. The van der Waals surface area contributed by atoms with Crippen LogP contribution in [0, 0.1) is 0 Å². The molecule has 1 aromatic heterocycles. The van der Waals surface area contributed by atoms with Gasteiger partial charge in [-0.05, 0) is 36.4 Å². The molecule has 98 valence electrons. The molecule has 2 rings (SSSR count). The number of nitrogens with one attached hydrogen (secondary N) is 2. The zero-order chi connectivity index (χ0) is 13.5. The molecule has 0 saturated carbocycles. The van der Waals surface area contributed by atoms with Gasteiger partial charge in [-0.3, -0.25) is 4.98 Å². The zero-order valence-electron chi connectivity index (χ0n) is 10.5. The molecule has 0 fully saturated rings. The van der Waals surface area contributed by atoms with Crippen LogP contribution in [-0.4, -0.2) is 17.6 Å². The summed E-state index contributed by atoms with van der Waals surface area (Å²) in [5, 5.41) is 5.50. The van der Waals surface area contributed by atoms with E-state index >= 15 is 0 Å². The van der Waals surface area contributed by atoms with Gasteiger partial charge in [-0.15, -0.1) is 0 Å². The van der Waals surface area contributed by atoms with Gasteiger partial charge in [0.1, 0.15) is 0 Å². The Bertz CT molecular complexity index is 525. The summed E-state index contributed by atoms with van der Waals surface area (Å²) in [6, 6.07) is 12.5. The third-order valence-electron chi connectivity index (χ3n) is 2.56. The molecule has 5 nitrogen and oxygen atoms in total. The molecule has 1 heterocycles. The van der Waals surface area contributed by atoms with Crippen LogP contribution in [0.2, 0.25) is 0 Å². The number of hydrogen-bond donors (Lipinski definition) is 3. The third kappa shape index (κ3) is 4.31. The van der Waals surface area contributed by atoms with Crippen molar-refractivity contribution in [3.05, 3.63) is 54.4 Å². The number of nitrogen functional groups attached to an aromatic ring is 1. The fourth-order valence-electron chi connectivity index (χ4n) is 1.59. The van der Waals surface area contributed by atoms with Crippen molar-refractivity contribution in [3.8, 4) is 0 Å². The maximum Gasteiger partial charge on any atom is 0.319 e. The number of amides is 2. The van der Waals surface area contributed by atoms with E-state index in [9.17, 15) is 4.79 Å². The normalized spacial score (nSPS) is 9.89. The predicted molar refractivity (Wildman–Crippen MR) is 75.8 cm³/mol. The highest BCUT2D eigenvalue weighted by molar-refractivity contribution is 5.89. The number of rotatable bonds is 4. The molecular weight excluding hydrogens is 240 g/mol. The van der Waals surface area contributed by atoms with E-state index in [2.05, 4.69) is 15.6 Å². The molecule has 1 aromatic carbocycles. The minimum Gasteiger partial charge on any atom is -0.399 e. The highest BCUT2D eigenvalue weighted by Crippen LogP contribution is 2.09. The number of nitrogens with two attached hydrogens (primary N) is 1. The highest BCUT2D eigenvalue weighted by Gasteiger charge is 2.01. The standard InChI is InChI=1S/C14H16N4O/c15-11-4-6-13(7-5-11)18-14(19)17-10-8-12-3-1-2-9-16-12/h1-7,9H,8,10,15H2,(H2,17,18,19). The van der Waals surface area contributed by atoms with E-state index in [0.29, 0.717) is 24.3 Å². The van der Waals surface area contributed by atoms with Gasteiger partial charge >= 0.3 is 6.03 Å². The molecule has 0 aliphatic rings. The molecule has 2 amide bonds. The van der Waals surface area contributed by atoms with Crippen LogP contribution in [0.15, 0.2) is 48.7 Å². The molecule has 0 unspecified atom stereocenters. The van der Waals surface area contributed by atoms with Crippen LogP contribution in [0.25, 0.3) is 0 Å². The summed E-state index contributed by atoms with van der Waals surface area (Å²) in [5.41, 5.74) is 7.90. The Balaban J connectivity index is 1.74. The SMILES string of the molecule is Nc1ccc(NC(=O)NCCc2ccccn2)cc1. The second kappa shape index (κ2) is 6.39. The number of benzene rings is 1. The molecular formula is C14H16N4O. The Hall–Kier alpha value is -2.56. The van der Waals surface area contributed by atoms with Gasteiger partial charge in [-0.2, -0.15) is 0 Å². The van der Waals surface area contributed by atoms with Crippen LogP contribution >= 0.6 is 0 Å². The van der Waals surface area contributed by atoms with Gasteiger partial charge in [-0.25, -0.2) is 4.79 Å². The van der Waals surface area contributed by atoms with E-state index in [-0.39, 0.29) is 6.03 Å². The van der Waals surface area contributed by atoms with E-state index in [4.69, 9.17) is 5.73 Å². The molecule has 0 aliphatic carbocycles. The number of nitrogens with zero attached hydrogens (tertiary/aromatic N) is 1.